The number of amides is 4. The molecule has 0 aromatic rings. The minimum Gasteiger partial charge on any atom is -0.444 e. The summed E-state index contributed by atoms with van der Waals surface area (Å²) in [7, 11) is -4.85. The minimum absolute atomic E-state index is 0.000606. The summed E-state index contributed by atoms with van der Waals surface area (Å²) in [6, 6.07) is -2.17. The fourth-order valence-electron chi connectivity index (χ4n) is 3.02. The number of amidine groups is 1. The Labute approximate surface area is 168 Å². The lowest BCUT2D eigenvalue weighted by Crippen LogP contribution is -2.51. The predicted octanol–water partition coefficient (Wildman–Crippen LogP) is -0.00233. The summed E-state index contributed by atoms with van der Waals surface area (Å²) in [5.41, 5.74) is -0.664. The molecule has 0 radical (unpaired) electrons. The Morgan fingerprint density at radius 1 is 1.31 bits per heavy atom. The van der Waals surface area contributed by atoms with Crippen molar-refractivity contribution in [3.63, 3.8) is 0 Å². The maximum Gasteiger partial charge on any atom is 0.418 e. The number of fused-ring (bicyclic) bond motifs is 2. The topological polar surface area (TPSA) is 178 Å². The Morgan fingerprint density at radius 3 is 2.55 bits per heavy atom. The molecular formula is C15H25N5O8S. The third kappa shape index (κ3) is 6.54. The van der Waals surface area contributed by atoms with Crippen LogP contribution < -0.4 is 10.6 Å². The molecule has 2 rings (SSSR count). The second-order valence-corrected chi connectivity index (χ2v) is 8.66. The Balaban J connectivity index is 1.83. The van der Waals surface area contributed by atoms with Gasteiger partial charge in [-0.2, -0.15) is 13.5 Å². The average molecular weight is 435 g/mol. The Hall–Kier alpha value is -2.45. The van der Waals surface area contributed by atoms with Crippen molar-refractivity contribution in [2.24, 2.45) is 0 Å². The molecule has 0 aliphatic carbocycles. The molecule has 2 atom stereocenters. The second kappa shape index (κ2) is 8.51. The summed E-state index contributed by atoms with van der Waals surface area (Å²) in [6.45, 7) is 5.21. The monoisotopic (exact) mass is 435 g/mol. The molecule has 2 aliphatic rings. The van der Waals surface area contributed by atoms with Crippen molar-refractivity contribution in [1.29, 1.82) is 5.41 Å². The van der Waals surface area contributed by atoms with Gasteiger partial charge in [-0.1, -0.05) is 0 Å². The lowest BCUT2D eigenvalue weighted by atomic mass is 10.00. The quantitative estimate of drug-likeness (QED) is 0.256. The van der Waals surface area contributed by atoms with E-state index in [4.69, 9.17) is 14.7 Å². The molecule has 2 saturated heterocycles. The highest BCUT2D eigenvalue weighted by Gasteiger charge is 2.48. The van der Waals surface area contributed by atoms with Crippen LogP contribution in [0.3, 0.4) is 0 Å². The van der Waals surface area contributed by atoms with Gasteiger partial charge in [-0.05, 0) is 33.6 Å². The highest BCUT2D eigenvalue weighted by molar-refractivity contribution is 7.80. The van der Waals surface area contributed by atoms with E-state index in [2.05, 4.69) is 14.9 Å². The molecule has 0 saturated carbocycles. The van der Waals surface area contributed by atoms with E-state index < -0.39 is 46.1 Å². The van der Waals surface area contributed by atoms with Gasteiger partial charge in [0.05, 0.1) is 12.1 Å². The number of hydroxylamine groups is 2. The lowest BCUT2D eigenvalue weighted by molar-refractivity contribution is -0.119. The first-order valence-electron chi connectivity index (χ1n) is 8.89. The van der Waals surface area contributed by atoms with Crippen LogP contribution in [0.2, 0.25) is 0 Å². The standard InChI is InChI=1S/C15H25N5O8S/c1-15(2,3)27-13(22)17-7-6-11(21)18-12(16)10-5-4-9-8-19(10)14(23)20(9)28-29(24,25)26/h9-10H,4-8H2,1-3H3,(H,17,22)(H2,16,18,21)(H,24,25,26)/t9-,10+/m1/s1. The molecular weight excluding hydrogens is 410 g/mol. The van der Waals surface area contributed by atoms with Crippen LogP contribution in [0.4, 0.5) is 9.59 Å². The van der Waals surface area contributed by atoms with Crippen LogP contribution in [0, 0.1) is 5.41 Å². The van der Waals surface area contributed by atoms with E-state index in [1.807, 2.05) is 0 Å². The fourth-order valence-corrected chi connectivity index (χ4v) is 3.41. The highest BCUT2D eigenvalue weighted by Crippen LogP contribution is 2.30. The van der Waals surface area contributed by atoms with Crippen LogP contribution in [0.15, 0.2) is 0 Å². The number of hydrogen-bond acceptors (Lipinski definition) is 8. The van der Waals surface area contributed by atoms with E-state index in [0.29, 0.717) is 17.9 Å². The van der Waals surface area contributed by atoms with Crippen LogP contribution in [-0.2, 0) is 24.2 Å². The SMILES string of the molecule is CC(C)(C)OC(=O)NCCC(=O)NC(=N)[C@@H]1CC[C@@H]2CN1C(=O)N2OS(=O)(=O)O. The molecule has 13 nitrogen and oxygen atoms in total. The molecule has 14 heteroatoms. The van der Waals surface area contributed by atoms with Crippen LogP contribution >= 0.6 is 0 Å². The van der Waals surface area contributed by atoms with Gasteiger partial charge in [-0.25, -0.2) is 9.59 Å². The number of piperidine rings is 1. The molecule has 164 valence electrons. The average Bonchev–Trinajstić information content (AvgIpc) is 2.76. The molecule has 0 spiro atoms. The van der Waals surface area contributed by atoms with Gasteiger partial charge in [-0.15, -0.1) is 4.28 Å². The van der Waals surface area contributed by atoms with Crippen LogP contribution in [0.1, 0.15) is 40.0 Å². The van der Waals surface area contributed by atoms with Crippen LogP contribution in [0.5, 0.6) is 0 Å². The number of nitrogens with zero attached hydrogens (tertiary/aromatic N) is 2. The second-order valence-electron chi connectivity index (χ2n) is 7.65. The number of carbonyl (C=O) groups is 3. The maximum absolute atomic E-state index is 12.3. The maximum atomic E-state index is 12.3. The zero-order valence-electron chi connectivity index (χ0n) is 16.3. The van der Waals surface area contributed by atoms with E-state index in [1.54, 1.807) is 20.8 Å². The first-order chi connectivity index (χ1) is 13.3. The van der Waals surface area contributed by atoms with Crippen LogP contribution in [0.25, 0.3) is 0 Å². The summed E-state index contributed by atoms with van der Waals surface area (Å²) < 4.78 is 39.9. The largest absolute Gasteiger partial charge is 0.444 e. The molecule has 0 unspecified atom stereocenters. The number of urea groups is 1. The molecule has 2 heterocycles. The molecule has 0 aromatic carbocycles. The molecule has 2 aliphatic heterocycles. The van der Waals surface area contributed by atoms with Crippen molar-refractivity contribution in [1.82, 2.24) is 20.6 Å². The molecule has 29 heavy (non-hydrogen) atoms. The minimum atomic E-state index is -4.85. The van der Waals surface area contributed by atoms with Crippen molar-refractivity contribution >= 4 is 34.3 Å². The summed E-state index contributed by atoms with van der Waals surface area (Å²) in [5, 5.41) is 13.4. The number of ether oxygens (including phenoxy) is 1. The fraction of sp³-hybridized carbons (Fsp3) is 0.733. The normalized spacial score (nSPS) is 21.7. The first-order valence-corrected chi connectivity index (χ1v) is 10.3. The molecule has 2 fully saturated rings. The van der Waals surface area contributed by atoms with E-state index in [1.165, 1.54) is 4.90 Å². The van der Waals surface area contributed by atoms with E-state index in [-0.39, 0.29) is 25.3 Å². The zero-order valence-corrected chi connectivity index (χ0v) is 17.1. The van der Waals surface area contributed by atoms with Gasteiger partial charge in [0.1, 0.15) is 11.4 Å². The molecule has 0 aromatic heterocycles. The van der Waals surface area contributed by atoms with Crippen molar-refractivity contribution < 1.29 is 36.4 Å². The van der Waals surface area contributed by atoms with Gasteiger partial charge in [-0.3, -0.25) is 14.8 Å². The summed E-state index contributed by atoms with van der Waals surface area (Å²) >= 11 is 0. The van der Waals surface area contributed by atoms with E-state index in [9.17, 15) is 22.8 Å². The Morgan fingerprint density at radius 2 is 1.97 bits per heavy atom. The predicted molar refractivity (Wildman–Crippen MR) is 98.1 cm³/mol. The summed E-state index contributed by atoms with van der Waals surface area (Å²) in [4.78, 5) is 37.0. The zero-order chi connectivity index (χ0) is 22.0. The summed E-state index contributed by atoms with van der Waals surface area (Å²) in [5.74, 6) is -0.765. The van der Waals surface area contributed by atoms with Crippen molar-refractivity contribution in [2.45, 2.75) is 57.7 Å². The van der Waals surface area contributed by atoms with E-state index >= 15 is 0 Å². The van der Waals surface area contributed by atoms with Crippen molar-refractivity contribution in [2.75, 3.05) is 13.1 Å². The number of hydrogen-bond donors (Lipinski definition) is 4. The van der Waals surface area contributed by atoms with Crippen molar-refractivity contribution in [3.05, 3.63) is 0 Å². The molecule has 4 N–H and O–H groups in total. The van der Waals surface area contributed by atoms with Gasteiger partial charge in [0.2, 0.25) is 5.91 Å². The lowest BCUT2D eigenvalue weighted by Gasteiger charge is -2.30. The van der Waals surface area contributed by atoms with Crippen molar-refractivity contribution in [3.8, 4) is 0 Å². The number of alkyl carbamates (subject to hydrolysis) is 1. The Kier molecular flexibility index (Phi) is 6.70. The first kappa shape index (κ1) is 22.8. The van der Waals surface area contributed by atoms with Gasteiger partial charge in [0, 0.05) is 19.5 Å². The van der Waals surface area contributed by atoms with Gasteiger partial charge >= 0.3 is 22.5 Å². The van der Waals surface area contributed by atoms with Crippen LogP contribution in [-0.4, -0.2) is 77.6 Å². The van der Waals surface area contributed by atoms with Gasteiger partial charge < -0.3 is 20.3 Å². The van der Waals surface area contributed by atoms with Gasteiger partial charge in [0.15, 0.2) is 0 Å². The number of carbonyl (C=O) groups excluding carboxylic acids is 3. The molecule has 2 bridgehead atoms. The third-order valence-corrected chi connectivity index (χ3v) is 4.47. The number of nitrogens with one attached hydrogen (secondary N) is 3. The molecule has 4 amide bonds. The van der Waals surface area contributed by atoms with E-state index in [0.717, 1.165) is 0 Å². The van der Waals surface area contributed by atoms with Gasteiger partial charge in [0.25, 0.3) is 0 Å². The highest BCUT2D eigenvalue weighted by atomic mass is 32.3. The smallest absolute Gasteiger partial charge is 0.418 e. The Bertz CT molecular complexity index is 793. The number of rotatable bonds is 6. The third-order valence-electron chi connectivity index (χ3n) is 4.12. The summed E-state index contributed by atoms with van der Waals surface area (Å²) in [6.07, 6.45) is -0.152.